The lowest BCUT2D eigenvalue weighted by Gasteiger charge is -2.32. The van der Waals surface area contributed by atoms with E-state index in [9.17, 15) is 19.2 Å². The Morgan fingerprint density at radius 1 is 0.390 bits per heavy atom. The van der Waals surface area contributed by atoms with E-state index in [4.69, 9.17) is 18.9 Å². The quantitative estimate of drug-likeness (QED) is 0.0262. The molecule has 0 aliphatic heterocycles. The molecule has 0 radical (unpaired) electrons. The third-order valence-electron chi connectivity index (χ3n) is 10.4. The lowest BCUT2D eigenvalue weighted by atomic mass is 10.1. The molecule has 12 nitrogen and oxygen atoms in total. The number of nitrogens with one attached hydrogen (secondary N) is 2. The number of ether oxygens (including phenoxy) is 4. The maximum Gasteiger partial charge on any atom is 0.325 e. The second-order valence-electron chi connectivity index (χ2n) is 17.1. The SMILES string of the molecule is CCCCCCCCCCCCCC(=O)OC(COC(=O)CCNCCCN(C)C)(COC(=O)CCNCCCN(C)C)OC(=O)CCCCCCCCCCCCC. The van der Waals surface area contributed by atoms with E-state index in [1.165, 1.54) is 89.9 Å². The number of esters is 4. The molecule has 0 aromatic rings. The first-order valence-electron chi connectivity index (χ1n) is 24.0. The zero-order valence-electron chi connectivity index (χ0n) is 39.1. The second-order valence-corrected chi connectivity index (χ2v) is 17.1. The van der Waals surface area contributed by atoms with Gasteiger partial charge in [0.05, 0.1) is 12.8 Å². The van der Waals surface area contributed by atoms with Gasteiger partial charge in [0.25, 0.3) is 0 Å². The van der Waals surface area contributed by atoms with Gasteiger partial charge in [-0.25, -0.2) is 0 Å². The van der Waals surface area contributed by atoms with Crippen LogP contribution in [0, 0.1) is 0 Å². The summed E-state index contributed by atoms with van der Waals surface area (Å²) in [5, 5.41) is 6.49. The molecule has 0 rings (SSSR count). The number of carbonyl (C=O) groups excluding carboxylic acids is 4. The number of unbranched alkanes of at least 4 members (excludes halogenated alkanes) is 20. The molecular weight excluding hydrogens is 749 g/mol. The van der Waals surface area contributed by atoms with E-state index in [0.717, 1.165) is 77.5 Å². The van der Waals surface area contributed by atoms with Crippen LogP contribution in [0.25, 0.3) is 0 Å². The summed E-state index contributed by atoms with van der Waals surface area (Å²) in [6.45, 7) is 7.54. The first-order valence-corrected chi connectivity index (χ1v) is 24.0. The maximum atomic E-state index is 13.4. The van der Waals surface area contributed by atoms with Crippen LogP contribution in [-0.2, 0) is 38.1 Å². The molecule has 0 spiro atoms. The minimum atomic E-state index is -2.08. The van der Waals surface area contributed by atoms with Crippen molar-refractivity contribution in [2.24, 2.45) is 0 Å². The standard InChI is InChI=1S/C47H92N4O8/c1-7-9-11-13-15-17-19-21-23-25-27-31-45(54)58-47(41-56-43(52)33-37-48-35-29-39-50(3)4,42-57-44(53)34-38-49-36-30-40-51(5)6)59-46(55)32-28-26-24-22-20-18-16-14-12-10-8-2/h48-49H,7-42H2,1-6H3. The average molecular weight is 841 g/mol. The van der Waals surface area contributed by atoms with E-state index < -0.39 is 42.9 Å². The van der Waals surface area contributed by atoms with Gasteiger partial charge in [0.15, 0.2) is 13.2 Å². The summed E-state index contributed by atoms with van der Waals surface area (Å²) in [5.41, 5.74) is 0. The predicted octanol–water partition coefficient (Wildman–Crippen LogP) is 9.12. The van der Waals surface area contributed by atoms with Crippen molar-refractivity contribution in [2.45, 2.75) is 199 Å². The Morgan fingerprint density at radius 2 is 0.695 bits per heavy atom. The molecule has 0 heterocycles. The highest BCUT2D eigenvalue weighted by Crippen LogP contribution is 2.21. The number of carbonyl (C=O) groups is 4. The van der Waals surface area contributed by atoms with Gasteiger partial charge in [-0.2, -0.15) is 0 Å². The van der Waals surface area contributed by atoms with E-state index in [2.05, 4.69) is 34.3 Å². The normalized spacial score (nSPS) is 11.7. The van der Waals surface area contributed by atoms with Gasteiger partial charge in [-0.05, 0) is 80.1 Å². The molecule has 59 heavy (non-hydrogen) atoms. The molecule has 0 aromatic heterocycles. The number of rotatable bonds is 44. The molecule has 0 saturated carbocycles. The van der Waals surface area contributed by atoms with Gasteiger partial charge in [-0.3, -0.25) is 19.2 Å². The van der Waals surface area contributed by atoms with Crippen molar-refractivity contribution in [2.75, 3.05) is 80.7 Å². The fraction of sp³-hybridized carbons (Fsp3) is 0.915. The largest absolute Gasteiger partial charge is 0.457 e. The van der Waals surface area contributed by atoms with Crippen LogP contribution in [0.15, 0.2) is 0 Å². The van der Waals surface area contributed by atoms with Gasteiger partial charge in [-0.1, -0.05) is 142 Å². The molecule has 0 atom stereocenters. The molecule has 12 heteroatoms. The van der Waals surface area contributed by atoms with Gasteiger partial charge in [0.1, 0.15) is 0 Å². The molecule has 0 aliphatic carbocycles. The fourth-order valence-corrected chi connectivity index (χ4v) is 6.76. The van der Waals surface area contributed by atoms with Crippen molar-refractivity contribution < 1.29 is 38.1 Å². The summed E-state index contributed by atoms with van der Waals surface area (Å²) in [6, 6.07) is 0. The van der Waals surface area contributed by atoms with E-state index >= 15 is 0 Å². The third kappa shape index (κ3) is 39.6. The van der Waals surface area contributed by atoms with Crippen molar-refractivity contribution in [1.82, 2.24) is 20.4 Å². The molecule has 0 fully saturated rings. The van der Waals surface area contributed by atoms with Gasteiger partial charge in [-0.15, -0.1) is 0 Å². The first kappa shape index (κ1) is 56.7. The van der Waals surface area contributed by atoms with Gasteiger partial charge in [0, 0.05) is 25.9 Å². The molecule has 0 aliphatic rings. The Morgan fingerprint density at radius 3 is 1.00 bits per heavy atom. The van der Waals surface area contributed by atoms with E-state index in [0.29, 0.717) is 25.9 Å². The minimum Gasteiger partial charge on any atom is -0.457 e. The molecule has 0 saturated heterocycles. The lowest BCUT2D eigenvalue weighted by molar-refractivity contribution is -0.259. The highest BCUT2D eigenvalue weighted by molar-refractivity contribution is 5.73. The molecule has 0 amide bonds. The van der Waals surface area contributed by atoms with Crippen LogP contribution in [-0.4, -0.2) is 120 Å². The van der Waals surface area contributed by atoms with E-state index in [1.807, 2.05) is 28.2 Å². The molecule has 2 N–H and O–H groups in total. The monoisotopic (exact) mass is 841 g/mol. The van der Waals surface area contributed by atoms with Crippen LogP contribution in [0.1, 0.15) is 194 Å². The summed E-state index contributed by atoms with van der Waals surface area (Å²) in [6.07, 6.45) is 27.4. The fourth-order valence-electron chi connectivity index (χ4n) is 6.76. The Labute approximate surface area is 361 Å². The van der Waals surface area contributed by atoms with Crippen LogP contribution in [0.2, 0.25) is 0 Å². The minimum absolute atomic E-state index is 0.0801. The Kier molecular flexibility index (Phi) is 39.5. The molecule has 0 bridgehead atoms. The summed E-state index contributed by atoms with van der Waals surface area (Å²) in [7, 11) is 8.06. The first-order chi connectivity index (χ1) is 28.5. The highest BCUT2D eigenvalue weighted by Gasteiger charge is 2.42. The molecular formula is C47H92N4O8. The maximum absolute atomic E-state index is 13.4. The zero-order valence-corrected chi connectivity index (χ0v) is 39.1. The Hall–Kier alpha value is -2.28. The Bertz CT molecular complexity index is 935. The van der Waals surface area contributed by atoms with Crippen LogP contribution in [0.5, 0.6) is 0 Å². The Balaban J connectivity index is 5.47. The van der Waals surface area contributed by atoms with Gasteiger partial charge in [0.2, 0.25) is 0 Å². The summed E-state index contributed by atoms with van der Waals surface area (Å²) in [5.74, 6) is -4.31. The lowest BCUT2D eigenvalue weighted by Crippen LogP contribution is -2.49. The van der Waals surface area contributed by atoms with Crippen molar-refractivity contribution in [1.29, 1.82) is 0 Å². The van der Waals surface area contributed by atoms with Crippen LogP contribution >= 0.6 is 0 Å². The molecule has 0 unspecified atom stereocenters. The summed E-state index contributed by atoms with van der Waals surface area (Å²) in [4.78, 5) is 56.8. The molecule has 348 valence electrons. The number of hydrogen-bond donors (Lipinski definition) is 2. The summed E-state index contributed by atoms with van der Waals surface area (Å²) < 4.78 is 23.0. The van der Waals surface area contributed by atoms with E-state index in [1.54, 1.807) is 0 Å². The van der Waals surface area contributed by atoms with Crippen molar-refractivity contribution in [3.05, 3.63) is 0 Å². The smallest absolute Gasteiger partial charge is 0.325 e. The third-order valence-corrected chi connectivity index (χ3v) is 10.4. The van der Waals surface area contributed by atoms with Gasteiger partial charge < -0.3 is 39.4 Å². The number of nitrogens with zero attached hydrogens (tertiary/aromatic N) is 2. The van der Waals surface area contributed by atoms with E-state index in [-0.39, 0.29) is 25.7 Å². The average Bonchev–Trinajstić information content (AvgIpc) is 3.19. The van der Waals surface area contributed by atoms with Crippen molar-refractivity contribution in [3.8, 4) is 0 Å². The van der Waals surface area contributed by atoms with Crippen LogP contribution in [0.3, 0.4) is 0 Å². The number of hydrogen-bond acceptors (Lipinski definition) is 12. The topological polar surface area (TPSA) is 136 Å². The summed E-state index contributed by atoms with van der Waals surface area (Å²) >= 11 is 0. The molecule has 0 aromatic carbocycles. The van der Waals surface area contributed by atoms with Crippen molar-refractivity contribution in [3.63, 3.8) is 0 Å². The zero-order chi connectivity index (χ0) is 43.7. The second kappa shape index (κ2) is 41.1. The highest BCUT2D eigenvalue weighted by atomic mass is 16.8. The predicted molar refractivity (Wildman–Crippen MR) is 240 cm³/mol. The van der Waals surface area contributed by atoms with Crippen LogP contribution < -0.4 is 10.6 Å². The van der Waals surface area contributed by atoms with Crippen molar-refractivity contribution >= 4 is 23.9 Å². The van der Waals surface area contributed by atoms with Crippen LogP contribution in [0.4, 0.5) is 0 Å². The van der Waals surface area contributed by atoms with Gasteiger partial charge >= 0.3 is 29.7 Å².